The molecule has 0 aromatic heterocycles. The zero-order valence-corrected chi connectivity index (χ0v) is 9.15. The van der Waals surface area contributed by atoms with E-state index in [0.717, 1.165) is 12.5 Å². The fourth-order valence-electron chi connectivity index (χ4n) is 1.89. The fraction of sp³-hybridized carbons (Fsp3) is 0.538. The zero-order chi connectivity index (χ0) is 10.5. The van der Waals surface area contributed by atoms with Crippen molar-refractivity contribution in [1.82, 2.24) is 5.32 Å². The summed E-state index contributed by atoms with van der Waals surface area (Å²) in [5.74, 6) is 0.992. The monoisotopic (exact) mass is 204 g/mol. The smallest absolute Gasteiger partial charge is 0.0444 e. The lowest BCUT2D eigenvalue weighted by molar-refractivity contribution is 0.516. The lowest BCUT2D eigenvalue weighted by Gasteiger charge is -2.17. The van der Waals surface area contributed by atoms with Crippen molar-refractivity contribution in [1.29, 1.82) is 0 Å². The molecule has 0 amide bonds. The van der Waals surface area contributed by atoms with Gasteiger partial charge in [-0.3, -0.25) is 0 Å². The normalized spacial score (nSPS) is 17.7. The topological polar surface area (TPSA) is 38.0 Å². The molecule has 15 heavy (non-hydrogen) atoms. The Morgan fingerprint density at radius 3 is 2.60 bits per heavy atom. The summed E-state index contributed by atoms with van der Waals surface area (Å²) in [5, 5.41) is 3.53. The highest BCUT2D eigenvalue weighted by Gasteiger charge is 2.20. The van der Waals surface area contributed by atoms with Crippen LogP contribution in [0.1, 0.15) is 30.9 Å². The fourth-order valence-corrected chi connectivity index (χ4v) is 1.89. The number of hydrogen-bond donors (Lipinski definition) is 2. The first-order chi connectivity index (χ1) is 7.40. The molecule has 3 N–H and O–H groups in total. The summed E-state index contributed by atoms with van der Waals surface area (Å²) in [6, 6.07) is 10.8. The van der Waals surface area contributed by atoms with E-state index in [1.54, 1.807) is 0 Å². The molecule has 1 aromatic rings. The summed E-state index contributed by atoms with van der Waals surface area (Å²) >= 11 is 0. The van der Waals surface area contributed by atoms with E-state index in [1.807, 2.05) is 6.07 Å². The van der Waals surface area contributed by atoms with Crippen molar-refractivity contribution in [3.05, 3.63) is 35.9 Å². The summed E-state index contributed by atoms with van der Waals surface area (Å²) in [6.45, 7) is 1.77. The van der Waals surface area contributed by atoms with Crippen LogP contribution in [0.3, 0.4) is 0 Å². The standard InChI is InChI=1S/C13H20N2/c14-10-13(12-4-2-1-3-5-12)15-9-8-11-6-7-11/h1-5,11,13,15H,6-10,14H2. The van der Waals surface area contributed by atoms with Crippen molar-refractivity contribution in [2.24, 2.45) is 11.7 Å². The summed E-state index contributed by atoms with van der Waals surface area (Å²) in [4.78, 5) is 0. The first-order valence-corrected chi connectivity index (χ1v) is 5.88. The van der Waals surface area contributed by atoms with E-state index in [4.69, 9.17) is 5.73 Å². The molecule has 1 aliphatic carbocycles. The highest BCUT2D eigenvalue weighted by atomic mass is 14.9. The van der Waals surface area contributed by atoms with Crippen LogP contribution in [0, 0.1) is 5.92 Å². The Kier molecular flexibility index (Phi) is 3.75. The van der Waals surface area contributed by atoms with E-state index < -0.39 is 0 Å². The minimum Gasteiger partial charge on any atom is -0.329 e. The molecular weight excluding hydrogens is 184 g/mol. The predicted octanol–water partition coefficient (Wildman–Crippen LogP) is 2.08. The summed E-state index contributed by atoms with van der Waals surface area (Å²) in [7, 11) is 0. The molecule has 1 aromatic carbocycles. The average Bonchev–Trinajstić information content (AvgIpc) is 3.10. The van der Waals surface area contributed by atoms with Gasteiger partial charge in [0, 0.05) is 12.6 Å². The minimum atomic E-state index is 0.324. The van der Waals surface area contributed by atoms with E-state index in [9.17, 15) is 0 Å². The van der Waals surface area contributed by atoms with E-state index in [0.29, 0.717) is 12.6 Å². The molecule has 1 atom stereocenters. The zero-order valence-electron chi connectivity index (χ0n) is 9.15. The lowest BCUT2D eigenvalue weighted by atomic mass is 10.1. The lowest BCUT2D eigenvalue weighted by Crippen LogP contribution is -2.29. The van der Waals surface area contributed by atoms with Gasteiger partial charge in [-0.05, 0) is 24.4 Å². The quantitative estimate of drug-likeness (QED) is 0.744. The van der Waals surface area contributed by atoms with Crippen LogP contribution >= 0.6 is 0 Å². The molecule has 0 aliphatic heterocycles. The molecular formula is C13H20N2. The molecule has 0 saturated heterocycles. The molecule has 2 heteroatoms. The molecule has 0 heterocycles. The molecule has 1 aliphatic rings. The molecule has 2 nitrogen and oxygen atoms in total. The maximum Gasteiger partial charge on any atom is 0.0444 e. The molecule has 0 bridgehead atoms. The van der Waals surface area contributed by atoms with Crippen molar-refractivity contribution >= 4 is 0 Å². The van der Waals surface area contributed by atoms with Gasteiger partial charge in [0.05, 0.1) is 0 Å². The molecule has 82 valence electrons. The highest BCUT2D eigenvalue weighted by Crippen LogP contribution is 2.31. The molecule has 2 rings (SSSR count). The molecule has 1 unspecified atom stereocenters. The minimum absolute atomic E-state index is 0.324. The van der Waals surface area contributed by atoms with Gasteiger partial charge in [-0.2, -0.15) is 0 Å². The van der Waals surface area contributed by atoms with E-state index in [2.05, 4.69) is 29.6 Å². The average molecular weight is 204 g/mol. The van der Waals surface area contributed by atoms with Gasteiger partial charge in [-0.15, -0.1) is 0 Å². The first-order valence-electron chi connectivity index (χ1n) is 5.88. The van der Waals surface area contributed by atoms with Crippen LogP contribution in [-0.4, -0.2) is 13.1 Å². The van der Waals surface area contributed by atoms with Crippen LogP contribution in [0.15, 0.2) is 30.3 Å². The van der Waals surface area contributed by atoms with Crippen molar-refractivity contribution in [3.8, 4) is 0 Å². The Bertz CT molecular complexity index is 280. The Hall–Kier alpha value is -0.860. The second-order valence-corrected chi connectivity index (χ2v) is 4.39. The van der Waals surface area contributed by atoms with Crippen LogP contribution in [0.25, 0.3) is 0 Å². The Balaban J connectivity index is 1.80. The van der Waals surface area contributed by atoms with Gasteiger partial charge in [-0.25, -0.2) is 0 Å². The van der Waals surface area contributed by atoms with Gasteiger partial charge < -0.3 is 11.1 Å². The Morgan fingerprint density at radius 1 is 1.27 bits per heavy atom. The third-order valence-electron chi connectivity index (χ3n) is 3.08. The van der Waals surface area contributed by atoms with Crippen molar-refractivity contribution in [2.45, 2.75) is 25.3 Å². The summed E-state index contributed by atoms with van der Waals surface area (Å²) in [5.41, 5.74) is 7.08. The maximum absolute atomic E-state index is 5.77. The predicted molar refractivity (Wildman–Crippen MR) is 63.6 cm³/mol. The number of benzene rings is 1. The van der Waals surface area contributed by atoms with E-state index in [-0.39, 0.29) is 0 Å². The van der Waals surface area contributed by atoms with Gasteiger partial charge >= 0.3 is 0 Å². The molecule has 1 fully saturated rings. The molecule has 0 radical (unpaired) electrons. The largest absolute Gasteiger partial charge is 0.329 e. The summed E-state index contributed by atoms with van der Waals surface area (Å²) in [6.07, 6.45) is 4.17. The SMILES string of the molecule is NCC(NCCC1CC1)c1ccccc1. The van der Waals surface area contributed by atoms with Crippen molar-refractivity contribution in [3.63, 3.8) is 0 Å². The van der Waals surface area contributed by atoms with Gasteiger partial charge in [-0.1, -0.05) is 43.2 Å². The van der Waals surface area contributed by atoms with Crippen LogP contribution in [0.2, 0.25) is 0 Å². The van der Waals surface area contributed by atoms with Crippen LogP contribution in [-0.2, 0) is 0 Å². The van der Waals surface area contributed by atoms with E-state index >= 15 is 0 Å². The van der Waals surface area contributed by atoms with Crippen molar-refractivity contribution in [2.75, 3.05) is 13.1 Å². The number of nitrogens with one attached hydrogen (secondary N) is 1. The number of nitrogens with two attached hydrogens (primary N) is 1. The maximum atomic E-state index is 5.77. The first kappa shape index (κ1) is 10.7. The number of rotatable bonds is 6. The van der Waals surface area contributed by atoms with Gasteiger partial charge in [0.15, 0.2) is 0 Å². The third-order valence-corrected chi connectivity index (χ3v) is 3.08. The van der Waals surface area contributed by atoms with E-state index in [1.165, 1.54) is 24.8 Å². The third kappa shape index (κ3) is 3.33. The van der Waals surface area contributed by atoms with Crippen LogP contribution in [0.4, 0.5) is 0 Å². The molecule has 0 spiro atoms. The highest BCUT2D eigenvalue weighted by molar-refractivity contribution is 5.19. The van der Waals surface area contributed by atoms with Gasteiger partial charge in [0.1, 0.15) is 0 Å². The number of hydrogen-bond acceptors (Lipinski definition) is 2. The second kappa shape index (κ2) is 5.29. The van der Waals surface area contributed by atoms with Gasteiger partial charge in [0.2, 0.25) is 0 Å². The van der Waals surface area contributed by atoms with Crippen LogP contribution < -0.4 is 11.1 Å². The second-order valence-electron chi connectivity index (χ2n) is 4.39. The summed E-state index contributed by atoms with van der Waals surface area (Å²) < 4.78 is 0. The molecule has 1 saturated carbocycles. The van der Waals surface area contributed by atoms with Crippen LogP contribution in [0.5, 0.6) is 0 Å². The van der Waals surface area contributed by atoms with Crippen molar-refractivity contribution < 1.29 is 0 Å². The van der Waals surface area contributed by atoms with Gasteiger partial charge in [0.25, 0.3) is 0 Å². The Labute approximate surface area is 91.9 Å². The Morgan fingerprint density at radius 2 is 2.00 bits per heavy atom.